The molecule has 1 heterocycles. The summed E-state index contributed by atoms with van der Waals surface area (Å²) in [5.74, 6) is -0.0895. The Hall–Kier alpha value is -1.84. The number of carbonyl (C=O) groups excluding carboxylic acids is 2. The van der Waals surface area contributed by atoms with E-state index in [1.807, 2.05) is 6.07 Å². The highest BCUT2D eigenvalue weighted by molar-refractivity contribution is 5.84. The molecule has 0 bridgehead atoms. The molecule has 0 saturated carbocycles. The standard InChI is InChI=1S/C20H27NO3/c1-2-18-9-5-6-12-21(18)20(23)24-19(22)14-15-10-11-16-7-3-4-8-17(16)13-15/h3-4,7-8,15,18H,2,5-6,9-14H2,1H3. The zero-order valence-corrected chi connectivity index (χ0v) is 14.5. The fourth-order valence-corrected chi connectivity index (χ4v) is 4.05. The Morgan fingerprint density at radius 1 is 1.17 bits per heavy atom. The molecular weight excluding hydrogens is 302 g/mol. The van der Waals surface area contributed by atoms with Crippen LogP contribution in [0.1, 0.15) is 56.6 Å². The van der Waals surface area contributed by atoms with E-state index in [-0.39, 0.29) is 17.9 Å². The quantitative estimate of drug-likeness (QED) is 0.619. The van der Waals surface area contributed by atoms with Crippen molar-refractivity contribution in [3.8, 4) is 0 Å². The zero-order chi connectivity index (χ0) is 16.9. The number of esters is 1. The molecule has 1 amide bonds. The molecule has 1 aromatic carbocycles. The van der Waals surface area contributed by atoms with Crippen molar-refractivity contribution in [3.05, 3.63) is 35.4 Å². The molecule has 0 N–H and O–H groups in total. The van der Waals surface area contributed by atoms with Crippen LogP contribution < -0.4 is 0 Å². The van der Waals surface area contributed by atoms with Crippen molar-refractivity contribution in [1.82, 2.24) is 4.90 Å². The van der Waals surface area contributed by atoms with Crippen LogP contribution in [0.5, 0.6) is 0 Å². The number of hydrogen-bond acceptors (Lipinski definition) is 3. The molecule has 3 rings (SSSR count). The molecule has 1 aliphatic carbocycles. The molecule has 1 fully saturated rings. The van der Waals surface area contributed by atoms with Crippen molar-refractivity contribution in [2.45, 2.75) is 64.3 Å². The van der Waals surface area contributed by atoms with Crippen LogP contribution >= 0.6 is 0 Å². The molecule has 0 radical (unpaired) electrons. The van der Waals surface area contributed by atoms with Gasteiger partial charge in [-0.3, -0.25) is 4.79 Å². The minimum Gasteiger partial charge on any atom is -0.376 e. The summed E-state index contributed by atoms with van der Waals surface area (Å²) in [5.41, 5.74) is 2.72. The van der Waals surface area contributed by atoms with E-state index in [9.17, 15) is 9.59 Å². The Bertz CT molecular complexity index is 598. The predicted octanol–water partition coefficient (Wildman–Crippen LogP) is 4.11. The molecule has 1 aromatic rings. The van der Waals surface area contributed by atoms with Crippen LogP contribution in [0.25, 0.3) is 0 Å². The summed E-state index contributed by atoms with van der Waals surface area (Å²) >= 11 is 0. The van der Waals surface area contributed by atoms with Gasteiger partial charge in [-0.25, -0.2) is 4.79 Å². The van der Waals surface area contributed by atoms with Gasteiger partial charge in [-0.2, -0.15) is 0 Å². The van der Waals surface area contributed by atoms with Crippen LogP contribution in [0, 0.1) is 5.92 Å². The number of amides is 1. The predicted molar refractivity (Wildman–Crippen MR) is 92.7 cm³/mol. The summed E-state index contributed by atoms with van der Waals surface area (Å²) in [5, 5.41) is 0. The summed E-state index contributed by atoms with van der Waals surface area (Å²) in [6, 6.07) is 8.63. The largest absolute Gasteiger partial charge is 0.417 e. The molecule has 2 atom stereocenters. The first-order valence-corrected chi connectivity index (χ1v) is 9.25. The second-order valence-electron chi connectivity index (χ2n) is 7.07. The van der Waals surface area contributed by atoms with Crippen molar-refractivity contribution in [3.63, 3.8) is 0 Å². The summed E-state index contributed by atoms with van der Waals surface area (Å²) in [6.45, 7) is 2.79. The van der Waals surface area contributed by atoms with Crippen molar-refractivity contribution in [2.75, 3.05) is 6.54 Å². The van der Waals surface area contributed by atoms with Gasteiger partial charge in [-0.05, 0) is 62.0 Å². The number of benzene rings is 1. The molecule has 1 aliphatic heterocycles. The molecule has 1 saturated heterocycles. The number of aryl methyl sites for hydroxylation is 1. The van der Waals surface area contributed by atoms with Crippen LogP contribution in [0.2, 0.25) is 0 Å². The number of ether oxygens (including phenoxy) is 1. The Balaban J connectivity index is 1.51. The highest BCUT2D eigenvalue weighted by Gasteiger charge is 2.29. The lowest BCUT2D eigenvalue weighted by molar-refractivity contribution is -0.139. The van der Waals surface area contributed by atoms with E-state index in [1.54, 1.807) is 4.90 Å². The average molecular weight is 329 g/mol. The van der Waals surface area contributed by atoms with Gasteiger partial charge in [0, 0.05) is 19.0 Å². The van der Waals surface area contributed by atoms with Crippen LogP contribution in [0.15, 0.2) is 24.3 Å². The maximum absolute atomic E-state index is 12.3. The topological polar surface area (TPSA) is 46.6 Å². The number of piperidine rings is 1. The Morgan fingerprint density at radius 3 is 2.75 bits per heavy atom. The van der Waals surface area contributed by atoms with E-state index in [2.05, 4.69) is 25.1 Å². The van der Waals surface area contributed by atoms with Gasteiger partial charge in [0.2, 0.25) is 0 Å². The zero-order valence-electron chi connectivity index (χ0n) is 14.5. The molecule has 2 aliphatic rings. The van der Waals surface area contributed by atoms with E-state index in [0.717, 1.165) is 44.9 Å². The maximum Gasteiger partial charge on any atom is 0.417 e. The lowest BCUT2D eigenvalue weighted by atomic mass is 9.82. The fraction of sp³-hybridized carbons (Fsp3) is 0.600. The smallest absolute Gasteiger partial charge is 0.376 e. The first-order valence-electron chi connectivity index (χ1n) is 9.25. The Labute approximate surface area is 144 Å². The third-order valence-corrected chi connectivity index (χ3v) is 5.44. The average Bonchev–Trinajstić information content (AvgIpc) is 2.61. The highest BCUT2D eigenvalue weighted by atomic mass is 16.6. The molecule has 24 heavy (non-hydrogen) atoms. The maximum atomic E-state index is 12.3. The molecule has 0 spiro atoms. The number of nitrogens with zero attached hydrogens (tertiary/aromatic N) is 1. The molecule has 130 valence electrons. The van der Waals surface area contributed by atoms with Gasteiger partial charge >= 0.3 is 12.1 Å². The summed E-state index contributed by atoms with van der Waals surface area (Å²) in [4.78, 5) is 26.2. The van der Waals surface area contributed by atoms with Crippen LogP contribution in [0.3, 0.4) is 0 Å². The van der Waals surface area contributed by atoms with Gasteiger partial charge in [-0.1, -0.05) is 31.2 Å². The molecule has 4 nitrogen and oxygen atoms in total. The van der Waals surface area contributed by atoms with E-state index in [1.165, 1.54) is 11.1 Å². The van der Waals surface area contributed by atoms with Crippen LogP contribution in [0.4, 0.5) is 4.79 Å². The number of carbonyl (C=O) groups is 2. The molecule has 2 unspecified atom stereocenters. The number of hydrogen-bond donors (Lipinski definition) is 0. The Kier molecular flexibility index (Phi) is 5.54. The normalized spacial score (nSPS) is 23.5. The van der Waals surface area contributed by atoms with Crippen molar-refractivity contribution < 1.29 is 14.3 Å². The van der Waals surface area contributed by atoms with Gasteiger partial charge in [0.05, 0.1) is 0 Å². The first-order chi connectivity index (χ1) is 11.7. The number of rotatable bonds is 3. The third kappa shape index (κ3) is 3.97. The van der Waals surface area contributed by atoms with E-state index in [0.29, 0.717) is 13.0 Å². The van der Waals surface area contributed by atoms with Crippen molar-refractivity contribution in [1.29, 1.82) is 0 Å². The first kappa shape index (κ1) is 17.0. The van der Waals surface area contributed by atoms with Crippen molar-refractivity contribution >= 4 is 12.1 Å². The molecular formula is C20H27NO3. The minimum absolute atomic E-state index is 0.223. The summed E-state index contributed by atoms with van der Waals surface area (Å²) in [7, 11) is 0. The second kappa shape index (κ2) is 7.82. The van der Waals surface area contributed by atoms with Crippen LogP contribution in [-0.4, -0.2) is 29.5 Å². The lowest BCUT2D eigenvalue weighted by Crippen LogP contribution is -2.44. The van der Waals surface area contributed by atoms with Gasteiger partial charge in [-0.15, -0.1) is 0 Å². The lowest BCUT2D eigenvalue weighted by Gasteiger charge is -2.34. The molecule has 4 heteroatoms. The Morgan fingerprint density at radius 2 is 1.96 bits per heavy atom. The monoisotopic (exact) mass is 329 g/mol. The van der Waals surface area contributed by atoms with Crippen molar-refractivity contribution in [2.24, 2.45) is 5.92 Å². The van der Waals surface area contributed by atoms with Gasteiger partial charge in [0.15, 0.2) is 0 Å². The van der Waals surface area contributed by atoms with E-state index >= 15 is 0 Å². The minimum atomic E-state index is -0.442. The second-order valence-corrected chi connectivity index (χ2v) is 7.07. The van der Waals surface area contributed by atoms with Gasteiger partial charge in [0.1, 0.15) is 0 Å². The van der Waals surface area contributed by atoms with Crippen LogP contribution in [-0.2, 0) is 22.4 Å². The summed E-state index contributed by atoms with van der Waals surface area (Å²) < 4.78 is 5.16. The van der Waals surface area contributed by atoms with Gasteiger partial charge < -0.3 is 9.64 Å². The SMILES string of the molecule is CCC1CCCCN1C(=O)OC(=O)CC1CCc2ccccc2C1. The summed E-state index contributed by atoms with van der Waals surface area (Å²) in [6.07, 6.45) is 6.88. The highest BCUT2D eigenvalue weighted by Crippen LogP contribution is 2.28. The number of likely N-dealkylation sites (tertiary alicyclic amines) is 1. The van der Waals surface area contributed by atoms with Gasteiger partial charge in [0.25, 0.3) is 0 Å². The fourth-order valence-electron chi connectivity index (χ4n) is 4.05. The number of fused-ring (bicyclic) bond motifs is 1. The molecule has 0 aromatic heterocycles. The van der Waals surface area contributed by atoms with E-state index < -0.39 is 6.09 Å². The van der Waals surface area contributed by atoms with E-state index in [4.69, 9.17) is 4.74 Å². The third-order valence-electron chi connectivity index (χ3n) is 5.44.